The number of carbonyl (C=O) groups excluding carboxylic acids is 2. The number of aryl methyl sites for hydroxylation is 1. The van der Waals surface area contributed by atoms with Gasteiger partial charge in [-0.3, -0.25) is 20.4 Å². The lowest BCUT2D eigenvalue weighted by atomic mass is 10.2. The van der Waals surface area contributed by atoms with Crippen molar-refractivity contribution in [3.05, 3.63) is 57.3 Å². The van der Waals surface area contributed by atoms with Crippen LogP contribution >= 0.6 is 27.5 Å². The van der Waals surface area contributed by atoms with Crippen LogP contribution in [0.4, 0.5) is 0 Å². The highest BCUT2D eigenvalue weighted by Gasteiger charge is 2.12. The first kappa shape index (κ1) is 14.6. The van der Waals surface area contributed by atoms with Gasteiger partial charge >= 0.3 is 0 Å². The highest BCUT2D eigenvalue weighted by molar-refractivity contribution is 9.10. The summed E-state index contributed by atoms with van der Waals surface area (Å²) in [5.41, 5.74) is 5.53. The Morgan fingerprint density at radius 3 is 2.30 bits per heavy atom. The molecule has 1 aromatic heterocycles. The predicted octanol–water partition coefficient (Wildman–Crippen LogP) is 2.52. The number of nitrogens with zero attached hydrogens (tertiary/aromatic N) is 1. The summed E-state index contributed by atoms with van der Waals surface area (Å²) in [6.45, 7) is 0. The highest BCUT2D eigenvalue weighted by atomic mass is 79.9. The molecule has 0 aliphatic heterocycles. The van der Waals surface area contributed by atoms with Crippen LogP contribution in [0, 0.1) is 0 Å². The van der Waals surface area contributed by atoms with E-state index >= 15 is 0 Å². The lowest BCUT2D eigenvalue weighted by Gasteiger charge is -2.08. The van der Waals surface area contributed by atoms with Crippen molar-refractivity contribution in [3.8, 4) is 0 Å². The second-order valence-electron chi connectivity index (χ2n) is 4.07. The Labute approximate surface area is 129 Å². The Balaban J connectivity index is 1.98. The average Bonchev–Trinajstić information content (AvgIpc) is 2.75. The van der Waals surface area contributed by atoms with Gasteiger partial charge in [0.05, 0.1) is 0 Å². The molecular formula is C13H11BrClN3O2. The van der Waals surface area contributed by atoms with E-state index in [4.69, 9.17) is 11.6 Å². The average molecular weight is 357 g/mol. The Morgan fingerprint density at radius 1 is 1.15 bits per heavy atom. The summed E-state index contributed by atoms with van der Waals surface area (Å²) in [6.07, 6.45) is 1.75. The van der Waals surface area contributed by atoms with Crippen molar-refractivity contribution >= 4 is 39.3 Å². The molecule has 0 saturated heterocycles. The first-order valence-electron chi connectivity index (χ1n) is 5.65. The molecule has 104 valence electrons. The molecule has 1 aromatic carbocycles. The molecule has 0 bridgehead atoms. The van der Waals surface area contributed by atoms with Crippen LogP contribution in [-0.2, 0) is 7.05 Å². The fourth-order valence-corrected chi connectivity index (χ4v) is 2.25. The summed E-state index contributed by atoms with van der Waals surface area (Å²) in [4.78, 5) is 23.7. The normalized spacial score (nSPS) is 10.2. The van der Waals surface area contributed by atoms with E-state index in [2.05, 4.69) is 26.8 Å². The summed E-state index contributed by atoms with van der Waals surface area (Å²) in [5.74, 6) is -0.816. The fourth-order valence-electron chi connectivity index (χ4n) is 1.60. The molecule has 0 spiro atoms. The van der Waals surface area contributed by atoms with Crippen LogP contribution in [-0.4, -0.2) is 16.4 Å². The number of carbonyl (C=O) groups is 2. The molecule has 2 aromatic rings. The first-order chi connectivity index (χ1) is 9.47. The minimum absolute atomic E-state index is 0.402. The summed E-state index contributed by atoms with van der Waals surface area (Å²) in [6, 6.07) is 8.01. The Hall–Kier alpha value is -1.79. The van der Waals surface area contributed by atoms with Gasteiger partial charge in [-0.25, -0.2) is 0 Å². The van der Waals surface area contributed by atoms with E-state index in [1.54, 1.807) is 48.1 Å². The Bertz CT molecular complexity index is 652. The number of aromatic nitrogens is 1. The number of hydrogen-bond donors (Lipinski definition) is 2. The first-order valence-corrected chi connectivity index (χ1v) is 6.82. The van der Waals surface area contributed by atoms with Crippen molar-refractivity contribution in [2.24, 2.45) is 7.05 Å². The van der Waals surface area contributed by atoms with Crippen LogP contribution in [0.3, 0.4) is 0 Å². The Kier molecular flexibility index (Phi) is 4.46. The predicted molar refractivity (Wildman–Crippen MR) is 79.5 cm³/mol. The third-order valence-corrected chi connectivity index (χ3v) is 3.29. The van der Waals surface area contributed by atoms with Gasteiger partial charge in [-0.05, 0) is 46.3 Å². The zero-order chi connectivity index (χ0) is 14.7. The molecule has 0 atom stereocenters. The number of hydrazine groups is 1. The summed E-state index contributed by atoms with van der Waals surface area (Å²) < 4.78 is 2.43. The molecule has 2 rings (SSSR count). The maximum Gasteiger partial charge on any atom is 0.286 e. The monoisotopic (exact) mass is 355 g/mol. The van der Waals surface area contributed by atoms with Gasteiger partial charge in [-0.15, -0.1) is 0 Å². The van der Waals surface area contributed by atoms with Crippen molar-refractivity contribution < 1.29 is 9.59 Å². The van der Waals surface area contributed by atoms with E-state index < -0.39 is 11.8 Å². The maximum atomic E-state index is 11.9. The largest absolute Gasteiger partial charge is 0.345 e. The lowest BCUT2D eigenvalue weighted by molar-refractivity contribution is 0.0842. The molecule has 0 saturated carbocycles. The van der Waals surface area contributed by atoms with Crippen molar-refractivity contribution in [3.63, 3.8) is 0 Å². The number of halogens is 2. The van der Waals surface area contributed by atoms with Crippen LogP contribution in [0.5, 0.6) is 0 Å². The molecule has 5 nitrogen and oxygen atoms in total. The van der Waals surface area contributed by atoms with Crippen LogP contribution in [0.2, 0.25) is 5.02 Å². The number of nitrogens with one attached hydrogen (secondary N) is 2. The zero-order valence-electron chi connectivity index (χ0n) is 10.5. The topological polar surface area (TPSA) is 63.1 Å². The van der Waals surface area contributed by atoms with Crippen molar-refractivity contribution in [1.82, 2.24) is 15.4 Å². The number of amides is 2. The van der Waals surface area contributed by atoms with Crippen molar-refractivity contribution in [1.29, 1.82) is 0 Å². The molecule has 0 aliphatic carbocycles. The van der Waals surface area contributed by atoms with Crippen LogP contribution in [0.1, 0.15) is 20.8 Å². The summed E-state index contributed by atoms with van der Waals surface area (Å²) >= 11 is 9.01. The van der Waals surface area contributed by atoms with Gasteiger partial charge in [0.1, 0.15) is 5.69 Å². The molecular weight excluding hydrogens is 346 g/mol. The van der Waals surface area contributed by atoms with Crippen molar-refractivity contribution in [2.45, 2.75) is 0 Å². The minimum Gasteiger partial charge on any atom is -0.345 e. The molecule has 0 fully saturated rings. The van der Waals surface area contributed by atoms with Gasteiger partial charge in [0.25, 0.3) is 11.8 Å². The standard InChI is InChI=1S/C13H11BrClN3O2/c1-18-7-9(14)6-11(18)13(20)17-16-12(19)8-2-4-10(15)5-3-8/h2-7H,1H3,(H,16,19)(H,17,20). The van der Waals surface area contributed by atoms with E-state index in [-0.39, 0.29) is 0 Å². The van der Waals surface area contributed by atoms with Gasteiger partial charge in [-0.2, -0.15) is 0 Å². The molecule has 2 amide bonds. The molecule has 7 heteroatoms. The molecule has 0 unspecified atom stereocenters. The molecule has 1 heterocycles. The quantitative estimate of drug-likeness (QED) is 0.812. The second kappa shape index (κ2) is 6.11. The number of rotatable bonds is 2. The maximum absolute atomic E-state index is 11.9. The van der Waals surface area contributed by atoms with Gasteiger partial charge in [-0.1, -0.05) is 11.6 Å². The van der Waals surface area contributed by atoms with E-state index in [1.807, 2.05) is 0 Å². The van der Waals surface area contributed by atoms with E-state index in [0.29, 0.717) is 16.3 Å². The third-order valence-electron chi connectivity index (χ3n) is 2.60. The SMILES string of the molecule is Cn1cc(Br)cc1C(=O)NNC(=O)c1ccc(Cl)cc1. The van der Waals surface area contributed by atoms with Gasteiger partial charge in [0.2, 0.25) is 0 Å². The molecule has 0 aliphatic rings. The van der Waals surface area contributed by atoms with Gasteiger partial charge in [0.15, 0.2) is 0 Å². The van der Waals surface area contributed by atoms with Crippen LogP contribution < -0.4 is 10.9 Å². The van der Waals surface area contributed by atoms with Gasteiger partial charge in [0, 0.05) is 28.3 Å². The smallest absolute Gasteiger partial charge is 0.286 e. The lowest BCUT2D eigenvalue weighted by Crippen LogP contribution is -2.42. The van der Waals surface area contributed by atoms with Crippen molar-refractivity contribution in [2.75, 3.05) is 0 Å². The molecule has 20 heavy (non-hydrogen) atoms. The highest BCUT2D eigenvalue weighted by Crippen LogP contribution is 2.13. The van der Waals surface area contributed by atoms with E-state index in [9.17, 15) is 9.59 Å². The fraction of sp³-hybridized carbons (Fsp3) is 0.0769. The Morgan fingerprint density at radius 2 is 1.75 bits per heavy atom. The summed E-state index contributed by atoms with van der Waals surface area (Å²) in [5, 5.41) is 0.541. The molecule has 2 N–H and O–H groups in total. The second-order valence-corrected chi connectivity index (χ2v) is 5.42. The minimum atomic E-state index is -0.414. The van der Waals surface area contributed by atoms with Gasteiger partial charge < -0.3 is 4.57 Å². The number of hydrogen-bond acceptors (Lipinski definition) is 2. The van der Waals surface area contributed by atoms with E-state index in [0.717, 1.165) is 4.47 Å². The zero-order valence-corrected chi connectivity index (χ0v) is 12.8. The molecule has 0 radical (unpaired) electrons. The third kappa shape index (κ3) is 3.40. The van der Waals surface area contributed by atoms with E-state index in [1.165, 1.54) is 0 Å². The summed E-state index contributed by atoms with van der Waals surface area (Å²) in [7, 11) is 1.74. The van der Waals surface area contributed by atoms with Crippen LogP contribution in [0.25, 0.3) is 0 Å². The number of benzene rings is 1. The van der Waals surface area contributed by atoms with Crippen LogP contribution in [0.15, 0.2) is 41.0 Å².